The molecule has 6 heterocycles. The van der Waals surface area contributed by atoms with Crippen molar-refractivity contribution in [1.29, 1.82) is 0 Å². The average molecular weight is 869 g/mol. The molecule has 6 heteroatoms. The predicted octanol–water partition coefficient (Wildman–Crippen LogP) is 15.5. The van der Waals surface area contributed by atoms with Gasteiger partial charge in [-0.05, 0) is 95.1 Å². The normalized spacial score (nSPS) is 11.5. The smallest absolute Gasteiger partial charge is 0.138 e. The van der Waals surface area contributed by atoms with Gasteiger partial charge in [0.1, 0.15) is 11.6 Å². The first kappa shape index (κ1) is 39.1. The van der Waals surface area contributed by atoms with E-state index in [0.717, 1.165) is 123 Å². The average Bonchev–Trinajstić information content (AvgIpc) is 3.95. The molecule has 0 N–H and O–H groups in total. The van der Waals surface area contributed by atoms with Crippen LogP contribution in [0.25, 0.3) is 123 Å². The SMILES string of the molecule is c1ccc(-c2cc(-c3ccccc3)nc(-c3cccc(-n4c5ccccc5c5c6c7ccccc7n(-c7cccc(-c8cc(-c9ccccc9)cc(-c9ccccc9)n8)n7)c6ccc54)n3)c2)cc1. The van der Waals surface area contributed by atoms with Crippen molar-refractivity contribution in [1.82, 2.24) is 29.1 Å². The highest BCUT2D eigenvalue weighted by Crippen LogP contribution is 2.42. The van der Waals surface area contributed by atoms with Gasteiger partial charge in [0.15, 0.2) is 0 Å². The standard InChI is InChI=1S/C62H40N6/c1-5-19-41(20-6-1)45-37-51(43-23-9-3-10-24-43)63-53(39-45)49-29-17-33-59(65-49)67-55-31-15-13-27-47(55)61-57(67)35-36-58-62(61)48-28-14-16-32-56(48)68(58)60-34-18-30-50(66-60)54-40-46(42-21-7-2-8-22-42)38-52(64-54)44-25-11-4-12-26-44/h1-40H. The van der Waals surface area contributed by atoms with Crippen LogP contribution < -0.4 is 0 Å². The minimum absolute atomic E-state index is 0.798. The number of pyridine rings is 4. The van der Waals surface area contributed by atoms with Crippen LogP contribution in [0.5, 0.6) is 0 Å². The summed E-state index contributed by atoms with van der Waals surface area (Å²) in [6, 6.07) is 84.6. The van der Waals surface area contributed by atoms with Crippen LogP contribution in [0.1, 0.15) is 0 Å². The number of benzene rings is 7. The van der Waals surface area contributed by atoms with E-state index in [2.05, 4.69) is 228 Å². The van der Waals surface area contributed by atoms with Crippen LogP contribution in [-0.2, 0) is 0 Å². The lowest BCUT2D eigenvalue weighted by Gasteiger charge is -2.12. The van der Waals surface area contributed by atoms with E-state index in [1.54, 1.807) is 0 Å². The summed E-state index contributed by atoms with van der Waals surface area (Å²) in [5.74, 6) is 1.64. The van der Waals surface area contributed by atoms with Crippen molar-refractivity contribution in [2.75, 3.05) is 0 Å². The zero-order valence-corrected chi connectivity index (χ0v) is 36.8. The number of aromatic nitrogens is 6. The van der Waals surface area contributed by atoms with Gasteiger partial charge in [0.05, 0.1) is 56.2 Å². The molecule has 0 aliphatic rings. The van der Waals surface area contributed by atoms with Gasteiger partial charge in [0, 0.05) is 32.7 Å². The Bertz CT molecular complexity index is 3630. The van der Waals surface area contributed by atoms with Crippen LogP contribution >= 0.6 is 0 Å². The van der Waals surface area contributed by atoms with Gasteiger partial charge >= 0.3 is 0 Å². The largest absolute Gasteiger partial charge is 0.294 e. The second-order valence-electron chi connectivity index (χ2n) is 17.0. The summed E-state index contributed by atoms with van der Waals surface area (Å²) >= 11 is 0. The van der Waals surface area contributed by atoms with Gasteiger partial charge in [-0.3, -0.25) is 9.13 Å². The van der Waals surface area contributed by atoms with E-state index in [0.29, 0.717) is 0 Å². The lowest BCUT2D eigenvalue weighted by Crippen LogP contribution is -2.00. The number of hydrogen-bond acceptors (Lipinski definition) is 4. The molecule has 0 spiro atoms. The first-order valence-corrected chi connectivity index (χ1v) is 22.9. The van der Waals surface area contributed by atoms with E-state index >= 15 is 0 Å². The van der Waals surface area contributed by atoms with Crippen LogP contribution in [0.3, 0.4) is 0 Å². The molecule has 0 radical (unpaired) electrons. The molecule has 0 unspecified atom stereocenters. The Labute approximate surface area is 392 Å². The van der Waals surface area contributed by atoms with Gasteiger partial charge in [0.2, 0.25) is 0 Å². The highest BCUT2D eigenvalue weighted by atomic mass is 15.1. The van der Waals surface area contributed by atoms with Crippen LogP contribution in [0.4, 0.5) is 0 Å². The highest BCUT2D eigenvalue weighted by molar-refractivity contribution is 6.28. The molecule has 6 aromatic heterocycles. The molecule has 0 saturated carbocycles. The third kappa shape index (κ3) is 6.74. The number of nitrogens with zero attached hydrogens (tertiary/aromatic N) is 6. The molecule has 0 saturated heterocycles. The monoisotopic (exact) mass is 868 g/mol. The maximum atomic E-state index is 5.42. The Morgan fingerprint density at radius 1 is 0.221 bits per heavy atom. The molecule has 6 nitrogen and oxygen atoms in total. The molecule has 318 valence electrons. The number of fused-ring (bicyclic) bond motifs is 7. The summed E-state index contributed by atoms with van der Waals surface area (Å²) in [6.07, 6.45) is 0. The van der Waals surface area contributed by atoms with Crippen LogP contribution in [0.2, 0.25) is 0 Å². The zero-order chi connectivity index (χ0) is 45.0. The van der Waals surface area contributed by atoms with Crippen molar-refractivity contribution in [2.24, 2.45) is 0 Å². The maximum Gasteiger partial charge on any atom is 0.138 e. The zero-order valence-electron chi connectivity index (χ0n) is 36.8. The molecule has 0 amide bonds. The Kier molecular flexibility index (Phi) is 9.39. The van der Waals surface area contributed by atoms with Crippen LogP contribution in [0, 0.1) is 0 Å². The lowest BCUT2D eigenvalue weighted by atomic mass is 10.0. The number of para-hydroxylation sites is 2. The third-order valence-electron chi connectivity index (χ3n) is 12.9. The van der Waals surface area contributed by atoms with Gasteiger partial charge in [-0.15, -0.1) is 0 Å². The van der Waals surface area contributed by atoms with E-state index in [9.17, 15) is 0 Å². The fourth-order valence-corrected chi connectivity index (χ4v) is 9.82. The first-order chi connectivity index (χ1) is 33.7. The fraction of sp³-hybridized carbons (Fsp3) is 0. The number of rotatable bonds is 8. The molecule has 0 bridgehead atoms. The molecule has 13 aromatic rings. The molecule has 0 atom stereocenters. The second-order valence-corrected chi connectivity index (χ2v) is 17.0. The van der Waals surface area contributed by atoms with Gasteiger partial charge in [0.25, 0.3) is 0 Å². The van der Waals surface area contributed by atoms with E-state index in [4.69, 9.17) is 19.9 Å². The Morgan fingerprint density at radius 2 is 0.574 bits per heavy atom. The van der Waals surface area contributed by atoms with Gasteiger partial charge in [-0.1, -0.05) is 170 Å². The van der Waals surface area contributed by atoms with Crippen molar-refractivity contribution in [3.8, 4) is 79.2 Å². The summed E-state index contributed by atoms with van der Waals surface area (Å²) in [5.41, 5.74) is 15.9. The van der Waals surface area contributed by atoms with Gasteiger partial charge < -0.3 is 0 Å². The highest BCUT2D eigenvalue weighted by Gasteiger charge is 2.22. The maximum absolute atomic E-state index is 5.42. The molecule has 7 aromatic carbocycles. The van der Waals surface area contributed by atoms with E-state index in [-0.39, 0.29) is 0 Å². The van der Waals surface area contributed by atoms with E-state index in [1.165, 1.54) is 0 Å². The third-order valence-corrected chi connectivity index (χ3v) is 12.9. The molecule has 0 aliphatic carbocycles. The summed E-state index contributed by atoms with van der Waals surface area (Å²) in [6.45, 7) is 0. The van der Waals surface area contributed by atoms with E-state index < -0.39 is 0 Å². The summed E-state index contributed by atoms with van der Waals surface area (Å²) in [7, 11) is 0. The predicted molar refractivity (Wildman–Crippen MR) is 279 cm³/mol. The van der Waals surface area contributed by atoms with Crippen molar-refractivity contribution in [2.45, 2.75) is 0 Å². The van der Waals surface area contributed by atoms with Crippen molar-refractivity contribution < 1.29 is 0 Å². The molecular weight excluding hydrogens is 829 g/mol. The van der Waals surface area contributed by atoms with Gasteiger partial charge in [-0.25, -0.2) is 19.9 Å². The summed E-state index contributed by atoms with van der Waals surface area (Å²) in [5, 5.41) is 4.63. The lowest BCUT2D eigenvalue weighted by molar-refractivity contribution is 1.07. The molecule has 0 aliphatic heterocycles. The minimum atomic E-state index is 0.798. The molecule has 68 heavy (non-hydrogen) atoms. The van der Waals surface area contributed by atoms with Gasteiger partial charge in [-0.2, -0.15) is 0 Å². The second kappa shape index (κ2) is 16.3. The van der Waals surface area contributed by atoms with Crippen LogP contribution in [-0.4, -0.2) is 29.1 Å². The Morgan fingerprint density at radius 3 is 0.985 bits per heavy atom. The van der Waals surface area contributed by atoms with E-state index in [1.807, 2.05) is 24.3 Å². The number of hydrogen-bond donors (Lipinski definition) is 0. The Hall–Kier alpha value is -9.26. The molecular formula is C62H40N6. The minimum Gasteiger partial charge on any atom is -0.294 e. The Balaban J connectivity index is 0.981. The quantitative estimate of drug-likeness (QED) is 0.153. The van der Waals surface area contributed by atoms with Crippen molar-refractivity contribution >= 4 is 43.6 Å². The molecule has 13 rings (SSSR count). The summed E-state index contributed by atoms with van der Waals surface area (Å²) in [4.78, 5) is 21.3. The fourth-order valence-electron chi connectivity index (χ4n) is 9.82. The van der Waals surface area contributed by atoms with Crippen LogP contribution in [0.15, 0.2) is 243 Å². The van der Waals surface area contributed by atoms with Crippen molar-refractivity contribution in [3.63, 3.8) is 0 Å². The molecule has 0 fully saturated rings. The summed E-state index contributed by atoms with van der Waals surface area (Å²) < 4.78 is 4.60. The topological polar surface area (TPSA) is 61.4 Å². The first-order valence-electron chi connectivity index (χ1n) is 22.9. The van der Waals surface area contributed by atoms with Crippen molar-refractivity contribution in [3.05, 3.63) is 243 Å².